The Balaban J connectivity index is 2.33. The van der Waals surface area contributed by atoms with Crippen LogP contribution in [0.2, 0.25) is 0 Å². The first kappa shape index (κ1) is 12.0. The lowest BCUT2D eigenvalue weighted by molar-refractivity contribution is 0.806. The Labute approximate surface area is 113 Å². The van der Waals surface area contributed by atoms with Gasteiger partial charge in [0.25, 0.3) is 0 Å². The van der Waals surface area contributed by atoms with Gasteiger partial charge in [0.05, 0.1) is 5.69 Å². The number of hydrogen-bond donors (Lipinski definition) is 2. The molecule has 0 bridgehead atoms. The molecule has 0 spiro atoms. The van der Waals surface area contributed by atoms with Crippen molar-refractivity contribution in [3.05, 3.63) is 54.6 Å². The maximum atomic E-state index is 5.75. The molecule has 0 amide bonds. The van der Waals surface area contributed by atoms with E-state index in [1.54, 1.807) is 0 Å². The fraction of sp³-hybridized carbons (Fsp3) is 0.176. The minimum atomic E-state index is 0.259. The predicted molar refractivity (Wildman–Crippen MR) is 83.6 cm³/mol. The summed E-state index contributed by atoms with van der Waals surface area (Å²) in [7, 11) is 0. The van der Waals surface area contributed by atoms with Gasteiger partial charge in [-0.25, -0.2) is 0 Å². The van der Waals surface area contributed by atoms with E-state index in [1.807, 2.05) is 0 Å². The Morgan fingerprint density at radius 1 is 0.947 bits per heavy atom. The molecular weight excluding hydrogens is 232 g/mol. The second-order valence-electron chi connectivity index (χ2n) is 4.97. The fourth-order valence-electron chi connectivity index (χ4n) is 2.47. The molecule has 0 aliphatic carbocycles. The van der Waals surface area contributed by atoms with Gasteiger partial charge in [0.2, 0.25) is 0 Å². The Hall–Kier alpha value is -2.06. The number of anilines is 1. The van der Waals surface area contributed by atoms with Crippen LogP contribution in [-0.4, -0.2) is 12.6 Å². The Kier molecular flexibility index (Phi) is 3.10. The molecule has 0 radical (unpaired) electrons. The highest BCUT2D eigenvalue weighted by Gasteiger charge is 2.08. The topological polar surface area (TPSA) is 38.0 Å². The van der Waals surface area contributed by atoms with Crippen LogP contribution in [0.4, 0.5) is 5.69 Å². The van der Waals surface area contributed by atoms with E-state index in [0.29, 0.717) is 6.54 Å². The largest absolute Gasteiger partial charge is 0.380 e. The van der Waals surface area contributed by atoms with Crippen molar-refractivity contribution in [1.29, 1.82) is 0 Å². The van der Waals surface area contributed by atoms with Crippen LogP contribution in [0.15, 0.2) is 54.6 Å². The Bertz CT molecular complexity index is 665. The van der Waals surface area contributed by atoms with Crippen LogP contribution in [0.25, 0.3) is 21.5 Å². The van der Waals surface area contributed by atoms with Crippen LogP contribution in [0.3, 0.4) is 0 Å². The Morgan fingerprint density at radius 2 is 1.47 bits per heavy atom. The lowest BCUT2D eigenvalue weighted by Gasteiger charge is -2.18. The summed E-state index contributed by atoms with van der Waals surface area (Å²) < 4.78 is 0. The van der Waals surface area contributed by atoms with Crippen LogP contribution < -0.4 is 11.1 Å². The normalized spacial score (nSPS) is 12.7. The summed E-state index contributed by atoms with van der Waals surface area (Å²) in [4.78, 5) is 0. The molecule has 0 heterocycles. The molecule has 1 atom stereocenters. The van der Waals surface area contributed by atoms with Gasteiger partial charge in [-0.1, -0.05) is 48.5 Å². The Morgan fingerprint density at radius 3 is 2.00 bits per heavy atom. The number of hydrogen-bond acceptors (Lipinski definition) is 2. The van der Waals surface area contributed by atoms with Crippen LogP contribution >= 0.6 is 0 Å². The van der Waals surface area contributed by atoms with E-state index in [-0.39, 0.29) is 6.04 Å². The molecule has 2 nitrogen and oxygen atoms in total. The molecule has 3 N–H and O–H groups in total. The highest BCUT2D eigenvalue weighted by Crippen LogP contribution is 2.33. The molecule has 0 saturated carbocycles. The van der Waals surface area contributed by atoms with Crippen molar-refractivity contribution in [3.8, 4) is 0 Å². The van der Waals surface area contributed by atoms with Gasteiger partial charge in [0.1, 0.15) is 0 Å². The summed E-state index contributed by atoms with van der Waals surface area (Å²) in [5, 5.41) is 8.57. The first-order valence-electron chi connectivity index (χ1n) is 6.66. The van der Waals surface area contributed by atoms with E-state index in [2.05, 4.69) is 66.8 Å². The zero-order chi connectivity index (χ0) is 13.2. The number of rotatable bonds is 3. The van der Waals surface area contributed by atoms with Crippen LogP contribution in [0.5, 0.6) is 0 Å². The van der Waals surface area contributed by atoms with Gasteiger partial charge >= 0.3 is 0 Å². The average Bonchev–Trinajstić information content (AvgIpc) is 2.46. The van der Waals surface area contributed by atoms with Gasteiger partial charge < -0.3 is 11.1 Å². The van der Waals surface area contributed by atoms with Gasteiger partial charge in [-0.2, -0.15) is 0 Å². The van der Waals surface area contributed by atoms with Gasteiger partial charge in [-0.05, 0) is 23.8 Å². The molecule has 0 aliphatic rings. The SMILES string of the molecule is CC(CN)Nc1c2ccccc2cc2ccccc12. The zero-order valence-corrected chi connectivity index (χ0v) is 11.1. The zero-order valence-electron chi connectivity index (χ0n) is 11.1. The van der Waals surface area contributed by atoms with E-state index in [9.17, 15) is 0 Å². The molecular formula is C17H18N2. The summed E-state index contributed by atoms with van der Waals surface area (Å²) in [6, 6.07) is 19.4. The second kappa shape index (κ2) is 4.90. The van der Waals surface area contributed by atoms with Crippen molar-refractivity contribution in [3.63, 3.8) is 0 Å². The minimum absolute atomic E-state index is 0.259. The second-order valence-corrected chi connectivity index (χ2v) is 4.97. The third-order valence-corrected chi connectivity index (χ3v) is 3.52. The lowest BCUT2D eigenvalue weighted by Crippen LogP contribution is -2.25. The van der Waals surface area contributed by atoms with E-state index in [4.69, 9.17) is 5.73 Å². The van der Waals surface area contributed by atoms with Crippen LogP contribution in [0.1, 0.15) is 6.92 Å². The van der Waals surface area contributed by atoms with E-state index in [1.165, 1.54) is 27.2 Å². The molecule has 96 valence electrons. The average molecular weight is 250 g/mol. The molecule has 19 heavy (non-hydrogen) atoms. The van der Waals surface area contributed by atoms with Crippen molar-refractivity contribution in [1.82, 2.24) is 0 Å². The molecule has 3 aromatic rings. The monoisotopic (exact) mass is 250 g/mol. The summed E-state index contributed by atoms with van der Waals surface area (Å²) in [6.07, 6.45) is 0. The maximum absolute atomic E-state index is 5.75. The van der Waals surface area contributed by atoms with Gasteiger partial charge in [-0.15, -0.1) is 0 Å². The standard InChI is InChI=1S/C17H18N2/c1-12(11-18)19-17-15-8-4-2-6-13(15)10-14-7-3-5-9-16(14)17/h2-10,12,19H,11,18H2,1H3. The number of fused-ring (bicyclic) bond motifs is 2. The van der Waals surface area contributed by atoms with E-state index in [0.717, 1.165) is 0 Å². The molecule has 2 heteroatoms. The smallest absolute Gasteiger partial charge is 0.0502 e. The highest BCUT2D eigenvalue weighted by molar-refractivity contribution is 6.11. The number of nitrogens with two attached hydrogens (primary N) is 1. The summed E-state index contributed by atoms with van der Waals surface area (Å²) >= 11 is 0. The summed E-state index contributed by atoms with van der Waals surface area (Å²) in [5.74, 6) is 0. The first-order chi connectivity index (χ1) is 9.29. The van der Waals surface area contributed by atoms with Crippen molar-refractivity contribution in [2.45, 2.75) is 13.0 Å². The molecule has 0 aliphatic heterocycles. The van der Waals surface area contributed by atoms with Gasteiger partial charge in [0, 0.05) is 23.4 Å². The van der Waals surface area contributed by atoms with Crippen molar-refractivity contribution in [2.24, 2.45) is 5.73 Å². The van der Waals surface area contributed by atoms with Crippen LogP contribution in [0, 0.1) is 0 Å². The van der Waals surface area contributed by atoms with E-state index >= 15 is 0 Å². The molecule has 0 aromatic heterocycles. The molecule has 0 saturated heterocycles. The quantitative estimate of drug-likeness (QED) is 0.695. The predicted octanol–water partition coefficient (Wildman–Crippen LogP) is 3.75. The highest BCUT2D eigenvalue weighted by atomic mass is 14.9. The third kappa shape index (κ3) is 2.15. The molecule has 3 aromatic carbocycles. The third-order valence-electron chi connectivity index (χ3n) is 3.52. The first-order valence-corrected chi connectivity index (χ1v) is 6.66. The summed E-state index contributed by atoms with van der Waals surface area (Å²) in [5.41, 5.74) is 6.93. The molecule has 3 rings (SSSR count). The fourth-order valence-corrected chi connectivity index (χ4v) is 2.47. The van der Waals surface area contributed by atoms with E-state index < -0.39 is 0 Å². The van der Waals surface area contributed by atoms with Crippen molar-refractivity contribution in [2.75, 3.05) is 11.9 Å². The number of benzene rings is 3. The summed E-state index contributed by atoms with van der Waals surface area (Å²) in [6.45, 7) is 2.73. The number of nitrogens with one attached hydrogen (secondary N) is 1. The van der Waals surface area contributed by atoms with Gasteiger partial charge in [0.15, 0.2) is 0 Å². The van der Waals surface area contributed by atoms with Crippen molar-refractivity contribution >= 4 is 27.2 Å². The molecule has 0 fully saturated rings. The maximum Gasteiger partial charge on any atom is 0.0502 e. The minimum Gasteiger partial charge on any atom is -0.380 e. The molecule has 1 unspecified atom stereocenters. The lowest BCUT2D eigenvalue weighted by atomic mass is 10.0. The van der Waals surface area contributed by atoms with Crippen LogP contribution in [-0.2, 0) is 0 Å². The van der Waals surface area contributed by atoms with Crippen molar-refractivity contribution < 1.29 is 0 Å². The van der Waals surface area contributed by atoms with Gasteiger partial charge in [-0.3, -0.25) is 0 Å².